The van der Waals surface area contributed by atoms with Crippen molar-refractivity contribution in [3.8, 4) is 0 Å². The largest absolute Gasteiger partial charge is 0.349 e. The maximum atomic E-state index is 13.4. The van der Waals surface area contributed by atoms with Crippen molar-refractivity contribution in [3.63, 3.8) is 0 Å². The lowest BCUT2D eigenvalue weighted by Crippen LogP contribution is -2.14. The lowest BCUT2D eigenvalue weighted by atomic mass is 10.1. The molecule has 0 saturated heterocycles. The Balaban J connectivity index is 3.81. The number of hydrogen-bond acceptors (Lipinski definition) is 2. The summed E-state index contributed by atoms with van der Waals surface area (Å²) in [7, 11) is 0. The molecule has 2 nitrogen and oxygen atoms in total. The van der Waals surface area contributed by atoms with Crippen LogP contribution in [0.25, 0.3) is 0 Å². The summed E-state index contributed by atoms with van der Waals surface area (Å²) in [6.45, 7) is 7.05. The van der Waals surface area contributed by atoms with Crippen molar-refractivity contribution >= 4 is 0 Å². The first-order valence-electron chi connectivity index (χ1n) is 6.30. The van der Waals surface area contributed by atoms with Gasteiger partial charge in [0.15, 0.2) is 6.29 Å². The van der Waals surface area contributed by atoms with E-state index >= 15 is 0 Å². The fourth-order valence-corrected chi connectivity index (χ4v) is 1.38. The molecule has 16 heavy (non-hydrogen) atoms. The van der Waals surface area contributed by atoms with Gasteiger partial charge in [0, 0.05) is 13.2 Å². The van der Waals surface area contributed by atoms with Crippen molar-refractivity contribution in [1.82, 2.24) is 0 Å². The molecule has 0 aliphatic heterocycles. The molecule has 96 valence electrons. The Morgan fingerprint density at radius 2 is 1.62 bits per heavy atom. The van der Waals surface area contributed by atoms with Crippen LogP contribution in [0.15, 0.2) is 12.2 Å². The van der Waals surface area contributed by atoms with Crippen molar-refractivity contribution in [3.05, 3.63) is 12.2 Å². The smallest absolute Gasteiger partial charge is 0.176 e. The molecule has 1 atom stereocenters. The summed E-state index contributed by atoms with van der Waals surface area (Å²) in [5.74, 6) is 0. The zero-order chi connectivity index (χ0) is 12.2. The Hall–Kier alpha value is -0.410. The van der Waals surface area contributed by atoms with Gasteiger partial charge in [0.25, 0.3) is 0 Å². The van der Waals surface area contributed by atoms with Gasteiger partial charge in [0.1, 0.15) is 6.17 Å². The van der Waals surface area contributed by atoms with Crippen LogP contribution < -0.4 is 0 Å². The quantitative estimate of drug-likeness (QED) is 0.323. The average molecular weight is 232 g/mol. The molecule has 0 aromatic carbocycles. The summed E-state index contributed by atoms with van der Waals surface area (Å²) >= 11 is 0. The van der Waals surface area contributed by atoms with Crippen LogP contribution in [0.3, 0.4) is 0 Å². The van der Waals surface area contributed by atoms with Gasteiger partial charge in [0.2, 0.25) is 0 Å². The molecular formula is C13H25FO2. The highest BCUT2D eigenvalue weighted by atomic mass is 19.1. The minimum Gasteiger partial charge on any atom is -0.349 e. The molecule has 0 aromatic heterocycles. The van der Waals surface area contributed by atoms with Gasteiger partial charge in [-0.2, -0.15) is 0 Å². The van der Waals surface area contributed by atoms with Gasteiger partial charge in [-0.3, -0.25) is 0 Å². The molecule has 0 bridgehead atoms. The van der Waals surface area contributed by atoms with Gasteiger partial charge in [-0.25, -0.2) is 4.39 Å². The Bertz CT molecular complexity index is 165. The first kappa shape index (κ1) is 15.6. The number of halogens is 1. The number of allylic oxidation sites excluding steroid dienone is 1. The van der Waals surface area contributed by atoms with E-state index < -0.39 is 12.5 Å². The molecule has 3 heteroatoms. The molecule has 0 aromatic rings. The number of ether oxygens (including phenoxy) is 2. The second-order valence-electron chi connectivity index (χ2n) is 3.68. The SMILES string of the molecule is CCCCC[C@@H](F)/C=C\C(OCC)OCC. The Labute approximate surface area is 98.8 Å². The van der Waals surface area contributed by atoms with E-state index in [1.807, 2.05) is 13.8 Å². The maximum absolute atomic E-state index is 13.4. The normalized spacial score (nSPS) is 13.8. The molecule has 0 heterocycles. The highest BCUT2D eigenvalue weighted by Gasteiger charge is 2.05. The van der Waals surface area contributed by atoms with Gasteiger partial charge in [-0.05, 0) is 32.4 Å². The molecule has 0 aliphatic carbocycles. The van der Waals surface area contributed by atoms with Crippen LogP contribution >= 0.6 is 0 Å². The summed E-state index contributed by atoms with van der Waals surface area (Å²) in [4.78, 5) is 0. The monoisotopic (exact) mass is 232 g/mol. The van der Waals surface area contributed by atoms with Crippen LogP contribution in [-0.4, -0.2) is 25.7 Å². The number of unbranched alkanes of at least 4 members (excludes halogenated alkanes) is 2. The van der Waals surface area contributed by atoms with Crippen molar-refractivity contribution in [2.45, 2.75) is 58.9 Å². The molecule has 0 N–H and O–H groups in total. The third kappa shape index (κ3) is 8.86. The van der Waals surface area contributed by atoms with Crippen LogP contribution in [0.2, 0.25) is 0 Å². The molecule has 0 aliphatic rings. The third-order valence-electron chi connectivity index (χ3n) is 2.22. The van der Waals surface area contributed by atoms with Crippen LogP contribution in [0.4, 0.5) is 4.39 Å². The first-order chi connectivity index (χ1) is 7.74. The minimum absolute atomic E-state index is 0.403. The van der Waals surface area contributed by atoms with Crippen molar-refractivity contribution in [1.29, 1.82) is 0 Å². The van der Waals surface area contributed by atoms with Crippen LogP contribution in [0.1, 0.15) is 46.5 Å². The molecule has 0 radical (unpaired) electrons. The topological polar surface area (TPSA) is 18.5 Å². The van der Waals surface area contributed by atoms with Crippen molar-refractivity contribution < 1.29 is 13.9 Å². The van der Waals surface area contributed by atoms with Gasteiger partial charge >= 0.3 is 0 Å². The van der Waals surface area contributed by atoms with Gasteiger partial charge < -0.3 is 9.47 Å². The van der Waals surface area contributed by atoms with E-state index in [0.29, 0.717) is 19.6 Å². The molecular weight excluding hydrogens is 207 g/mol. The number of hydrogen-bond donors (Lipinski definition) is 0. The maximum Gasteiger partial charge on any atom is 0.176 e. The highest BCUT2D eigenvalue weighted by molar-refractivity contribution is 4.91. The Morgan fingerprint density at radius 3 is 2.12 bits per heavy atom. The van der Waals surface area contributed by atoms with E-state index in [0.717, 1.165) is 19.3 Å². The predicted molar refractivity (Wildman–Crippen MR) is 65.2 cm³/mol. The standard InChI is InChI=1S/C13H25FO2/c1-4-7-8-9-12(14)10-11-13(15-5-2)16-6-3/h10-13H,4-9H2,1-3H3/b11-10-/t12-/m1/s1. The predicted octanol–water partition coefficient (Wildman–Crippen LogP) is 3.86. The molecule has 0 saturated carbocycles. The molecule has 0 fully saturated rings. The van der Waals surface area contributed by atoms with E-state index in [-0.39, 0.29) is 0 Å². The molecule has 0 unspecified atom stereocenters. The average Bonchev–Trinajstić information content (AvgIpc) is 2.27. The fourth-order valence-electron chi connectivity index (χ4n) is 1.38. The van der Waals surface area contributed by atoms with Gasteiger partial charge in [-0.1, -0.05) is 26.2 Å². The third-order valence-corrected chi connectivity index (χ3v) is 2.22. The van der Waals surface area contributed by atoms with Crippen LogP contribution in [-0.2, 0) is 9.47 Å². The highest BCUT2D eigenvalue weighted by Crippen LogP contribution is 2.09. The van der Waals surface area contributed by atoms with E-state index in [2.05, 4.69) is 6.92 Å². The summed E-state index contributed by atoms with van der Waals surface area (Å²) < 4.78 is 23.9. The summed E-state index contributed by atoms with van der Waals surface area (Å²) in [5.41, 5.74) is 0. The van der Waals surface area contributed by atoms with E-state index in [1.165, 1.54) is 0 Å². The summed E-state index contributed by atoms with van der Waals surface area (Å²) in [6, 6.07) is 0. The molecule has 0 amide bonds. The Morgan fingerprint density at radius 1 is 1.00 bits per heavy atom. The van der Waals surface area contributed by atoms with Crippen LogP contribution in [0, 0.1) is 0 Å². The molecule has 0 spiro atoms. The van der Waals surface area contributed by atoms with E-state index in [4.69, 9.17) is 9.47 Å². The first-order valence-corrected chi connectivity index (χ1v) is 6.30. The molecule has 0 rings (SSSR count). The lowest BCUT2D eigenvalue weighted by molar-refractivity contribution is -0.104. The zero-order valence-electron chi connectivity index (χ0n) is 10.7. The van der Waals surface area contributed by atoms with Crippen LogP contribution in [0.5, 0.6) is 0 Å². The fraction of sp³-hybridized carbons (Fsp3) is 0.846. The Kier molecular flexibility index (Phi) is 10.8. The zero-order valence-corrected chi connectivity index (χ0v) is 10.7. The van der Waals surface area contributed by atoms with Crippen molar-refractivity contribution in [2.24, 2.45) is 0 Å². The second-order valence-corrected chi connectivity index (χ2v) is 3.68. The summed E-state index contributed by atoms with van der Waals surface area (Å²) in [6.07, 6.45) is 5.68. The minimum atomic E-state index is -0.880. The van der Waals surface area contributed by atoms with Crippen molar-refractivity contribution in [2.75, 3.05) is 13.2 Å². The van der Waals surface area contributed by atoms with Gasteiger partial charge in [0.05, 0.1) is 0 Å². The number of rotatable bonds is 10. The number of alkyl halides is 1. The summed E-state index contributed by atoms with van der Waals surface area (Å²) in [5, 5.41) is 0. The van der Waals surface area contributed by atoms with E-state index in [9.17, 15) is 4.39 Å². The van der Waals surface area contributed by atoms with Gasteiger partial charge in [-0.15, -0.1) is 0 Å². The van der Waals surface area contributed by atoms with E-state index in [1.54, 1.807) is 12.2 Å². The second kappa shape index (κ2) is 11.1. The lowest BCUT2D eigenvalue weighted by Gasteiger charge is -2.12.